The molecule has 3 aromatic heterocycles. The lowest BCUT2D eigenvalue weighted by molar-refractivity contribution is -0.890. The number of unbranched alkanes of at least 4 members (excludes halogenated alkanes) is 2. The molecule has 0 aliphatic carbocycles. The molecule has 0 spiro atoms. The zero-order chi connectivity index (χ0) is 71.4. The first-order valence-corrected chi connectivity index (χ1v) is 35.8. The maximum Gasteiger partial charge on any atom is 0.354 e. The summed E-state index contributed by atoms with van der Waals surface area (Å²) < 4.78 is 52.1. The molecule has 99 heavy (non-hydrogen) atoms. The van der Waals surface area contributed by atoms with Gasteiger partial charge in [-0.25, -0.2) is 29.3 Å². The second-order valence-corrected chi connectivity index (χ2v) is 28.9. The molecule has 22 heteroatoms. The molecule has 6 aromatic rings. The third-order valence-electron chi connectivity index (χ3n) is 17.2. The number of nitrogens with zero attached hydrogens (tertiary/aromatic N) is 9. The fourth-order valence-electron chi connectivity index (χ4n) is 11.5. The van der Waals surface area contributed by atoms with Gasteiger partial charge >= 0.3 is 17.9 Å². The van der Waals surface area contributed by atoms with Crippen molar-refractivity contribution in [3.63, 3.8) is 0 Å². The molecule has 0 bridgehead atoms. The van der Waals surface area contributed by atoms with E-state index < -0.39 is 28.0 Å². The highest BCUT2D eigenvalue weighted by atomic mass is 32.2. The third-order valence-corrected chi connectivity index (χ3v) is 18.0. The van der Waals surface area contributed by atoms with Crippen molar-refractivity contribution in [3.8, 4) is 52.8 Å². The Morgan fingerprint density at radius 1 is 0.404 bits per heavy atom. The van der Waals surface area contributed by atoms with Crippen molar-refractivity contribution < 1.29 is 70.3 Å². The van der Waals surface area contributed by atoms with Crippen molar-refractivity contribution in [1.29, 1.82) is 0 Å². The summed E-state index contributed by atoms with van der Waals surface area (Å²) in [5.41, 5.74) is 4.60. The number of pyridine rings is 3. The normalized spacial score (nSPS) is 13.5. The Morgan fingerprint density at radius 2 is 0.657 bits per heavy atom. The molecule has 0 radical (unpaired) electrons. The lowest BCUT2D eigenvalue weighted by Gasteiger charge is -2.29. The van der Waals surface area contributed by atoms with Crippen LogP contribution < -0.4 is 14.2 Å². The van der Waals surface area contributed by atoms with Crippen molar-refractivity contribution in [2.75, 3.05) is 146 Å². The average molecular weight is 1380 g/mol. The number of benzene rings is 3. The SMILES string of the molecule is CCCC[N+](C)(C)CCCOc1ccc(C#Cc2cc(CN3CCN(Cc4cc(C#Cc5ccc(OCCC[N+](C)(C)CCCC)cc5)cc(C(=O)O)n4)CCN(Cc4cc(C#Cc5ccc(OCCC[N+](C)(C)CCCS(=O)(=O)O)cc5)cc(C(=O)O)n4)CC3)nc(C(=O)O)c2)cc1. The minimum Gasteiger partial charge on any atom is -0.493 e. The molecule has 0 amide bonds. The third kappa shape index (κ3) is 28.9. The quantitative estimate of drug-likeness (QED) is 0.0127. The number of aromatic carboxylic acids is 3. The van der Waals surface area contributed by atoms with Crippen LogP contribution in [0.4, 0.5) is 0 Å². The van der Waals surface area contributed by atoms with Crippen LogP contribution in [0.2, 0.25) is 0 Å². The number of rotatable bonds is 34. The van der Waals surface area contributed by atoms with E-state index >= 15 is 0 Å². The molecular weight excluding hydrogens is 1270 g/mol. The Bertz CT molecular complexity index is 3800. The van der Waals surface area contributed by atoms with Crippen LogP contribution in [0.5, 0.6) is 17.2 Å². The van der Waals surface area contributed by atoms with E-state index in [1.165, 1.54) is 43.9 Å². The number of hydrogen-bond acceptors (Lipinski definition) is 14. The summed E-state index contributed by atoms with van der Waals surface area (Å²) in [6, 6.07) is 32.2. The van der Waals surface area contributed by atoms with Gasteiger partial charge in [-0.15, -0.1) is 0 Å². The zero-order valence-corrected chi connectivity index (χ0v) is 59.8. The highest BCUT2D eigenvalue weighted by molar-refractivity contribution is 7.85. The molecular formula is C77H100N9O12S+3. The van der Waals surface area contributed by atoms with Crippen molar-refractivity contribution in [3.05, 3.63) is 177 Å². The van der Waals surface area contributed by atoms with Crippen LogP contribution in [0, 0.1) is 35.5 Å². The molecule has 21 nitrogen and oxygen atoms in total. The second kappa shape index (κ2) is 38.0. The van der Waals surface area contributed by atoms with Gasteiger partial charge in [-0.3, -0.25) is 19.3 Å². The van der Waals surface area contributed by atoms with E-state index in [0.717, 1.165) is 83.6 Å². The molecule has 0 saturated carbocycles. The fourth-order valence-corrected chi connectivity index (χ4v) is 12.0. The van der Waals surface area contributed by atoms with Gasteiger partial charge in [0.25, 0.3) is 10.1 Å². The average Bonchev–Trinajstić information content (AvgIpc) is 1.44. The molecule has 4 N–H and O–H groups in total. The van der Waals surface area contributed by atoms with Crippen LogP contribution in [0.1, 0.15) is 147 Å². The zero-order valence-electron chi connectivity index (χ0n) is 59.0. The van der Waals surface area contributed by atoms with Crippen molar-refractivity contribution in [2.45, 2.75) is 84.8 Å². The predicted molar refractivity (Wildman–Crippen MR) is 383 cm³/mol. The summed E-state index contributed by atoms with van der Waals surface area (Å²) in [7, 11) is 9.00. The number of ether oxygens (including phenoxy) is 3. The van der Waals surface area contributed by atoms with Crippen molar-refractivity contribution >= 4 is 28.0 Å². The first kappa shape index (κ1) is 77.6. The molecule has 4 heterocycles. The number of carboxylic acid groups (broad SMARTS) is 3. The fraction of sp³-hybridized carbons (Fsp3) is 0.455. The molecule has 1 aliphatic heterocycles. The minimum absolute atomic E-state index is 0.144. The minimum atomic E-state index is -4.00. The van der Waals surface area contributed by atoms with Crippen LogP contribution >= 0.6 is 0 Å². The number of carbonyl (C=O) groups is 3. The predicted octanol–water partition coefficient (Wildman–Crippen LogP) is 9.40. The maximum absolute atomic E-state index is 12.6. The molecule has 3 aromatic carbocycles. The standard InChI is InChI=1S/C77H97N9O12S/c1-9-11-41-84(3,4)43-13-47-96-69-29-23-60(24-30-69)17-20-63-51-66(78-72(54-63)75(87)88)57-81-35-36-82(58-67-52-64(55-73(79-67)76(89)90)21-18-61-25-31-70(32-26-61)97-48-14-44-85(5,6)42-12-10-2)38-40-83(39-37-81)59-68-53-65(56-74(80-68)77(91)92)22-19-62-27-33-71(34-28-62)98-49-15-45-86(7,8)46-16-50-99(93,94)95/h23-34,51-56H,9-16,35-50,57-59H2,1-8H3,(H-3,87,88,89,90,91,92,93,94,95)/p+3. The van der Waals surface area contributed by atoms with Crippen LogP contribution in [0.3, 0.4) is 0 Å². The smallest absolute Gasteiger partial charge is 0.354 e. The van der Waals surface area contributed by atoms with Gasteiger partial charge < -0.3 is 43.0 Å². The number of hydrogen-bond donors (Lipinski definition) is 4. The van der Waals surface area contributed by atoms with E-state index in [0.29, 0.717) is 122 Å². The second-order valence-electron chi connectivity index (χ2n) is 27.4. The highest BCUT2D eigenvalue weighted by Crippen LogP contribution is 2.20. The Hall–Kier alpha value is -8.73. The molecule has 0 atom stereocenters. The van der Waals surface area contributed by atoms with Gasteiger partial charge in [-0.1, -0.05) is 62.2 Å². The Labute approximate surface area is 585 Å². The van der Waals surface area contributed by atoms with E-state index in [-0.39, 0.29) is 42.5 Å². The first-order valence-electron chi connectivity index (χ1n) is 34.2. The summed E-state index contributed by atoms with van der Waals surface area (Å²) >= 11 is 0. The van der Waals surface area contributed by atoms with Crippen LogP contribution in [0.15, 0.2) is 109 Å². The van der Waals surface area contributed by atoms with Gasteiger partial charge in [-0.05, 0) is 122 Å². The van der Waals surface area contributed by atoms with E-state index in [2.05, 4.69) is 107 Å². The van der Waals surface area contributed by atoms with Gasteiger partial charge in [0.05, 0.1) is 124 Å². The largest absolute Gasteiger partial charge is 0.493 e. The first-order chi connectivity index (χ1) is 47.2. The Morgan fingerprint density at radius 3 is 0.909 bits per heavy atom. The number of quaternary nitrogens is 3. The van der Waals surface area contributed by atoms with Gasteiger partial charge in [0.1, 0.15) is 34.3 Å². The molecule has 528 valence electrons. The number of carboxylic acids is 3. The van der Waals surface area contributed by atoms with Crippen LogP contribution in [-0.4, -0.2) is 236 Å². The molecule has 1 aliphatic rings. The van der Waals surface area contributed by atoms with Gasteiger partial charge in [0, 0.05) is 118 Å². The van der Waals surface area contributed by atoms with Crippen molar-refractivity contribution in [1.82, 2.24) is 29.7 Å². The van der Waals surface area contributed by atoms with Crippen LogP contribution in [0.25, 0.3) is 0 Å². The molecule has 0 unspecified atom stereocenters. The highest BCUT2D eigenvalue weighted by Gasteiger charge is 2.23. The Balaban J connectivity index is 1.09. The summed E-state index contributed by atoms with van der Waals surface area (Å²) in [5, 5.41) is 31.0. The lowest BCUT2D eigenvalue weighted by Crippen LogP contribution is -2.42. The lowest BCUT2D eigenvalue weighted by atomic mass is 10.1. The topological polar surface area (TPSA) is 242 Å². The summed E-state index contributed by atoms with van der Waals surface area (Å²) in [5.74, 6) is 17.3. The monoisotopic (exact) mass is 1370 g/mol. The van der Waals surface area contributed by atoms with Crippen molar-refractivity contribution in [2.24, 2.45) is 0 Å². The molecule has 1 saturated heterocycles. The van der Waals surface area contributed by atoms with Gasteiger partial charge in [-0.2, -0.15) is 8.42 Å². The van der Waals surface area contributed by atoms with E-state index in [4.69, 9.17) is 18.8 Å². The summed E-state index contributed by atoms with van der Waals surface area (Å²) in [6.07, 6.45) is 7.65. The number of aromatic nitrogens is 3. The van der Waals surface area contributed by atoms with Crippen LogP contribution in [-0.2, 0) is 29.8 Å². The van der Waals surface area contributed by atoms with E-state index in [1.54, 1.807) is 6.07 Å². The summed E-state index contributed by atoms with van der Waals surface area (Å²) in [6.45, 7) is 15.5. The molecule has 7 rings (SSSR count). The molecule has 1 fully saturated rings. The summed E-state index contributed by atoms with van der Waals surface area (Å²) in [4.78, 5) is 58.2. The Kier molecular flexibility index (Phi) is 29.8. The van der Waals surface area contributed by atoms with E-state index in [9.17, 15) is 38.1 Å². The van der Waals surface area contributed by atoms with Gasteiger partial charge in [0.15, 0.2) is 0 Å². The maximum atomic E-state index is 12.6. The van der Waals surface area contributed by atoms with E-state index in [1.807, 2.05) is 99.0 Å². The van der Waals surface area contributed by atoms with Gasteiger partial charge in [0.2, 0.25) is 0 Å².